The number of rotatable bonds is 3. The summed E-state index contributed by atoms with van der Waals surface area (Å²) in [5.41, 5.74) is 7.82. The van der Waals surface area contributed by atoms with E-state index in [0.29, 0.717) is 11.4 Å². The molecule has 2 aromatic carbocycles. The summed E-state index contributed by atoms with van der Waals surface area (Å²) in [4.78, 5) is 0. The van der Waals surface area contributed by atoms with Crippen LogP contribution >= 0.6 is 0 Å². The van der Waals surface area contributed by atoms with Crippen molar-refractivity contribution in [1.29, 1.82) is 0 Å². The Morgan fingerprint density at radius 3 is 2.44 bits per heavy atom. The minimum absolute atomic E-state index is 0.684. The monoisotopic (exact) mass is 213 g/mol. The van der Waals surface area contributed by atoms with Gasteiger partial charge < -0.3 is 10.5 Å². The van der Waals surface area contributed by atoms with E-state index < -0.39 is 0 Å². The standard InChI is InChI=1S/C14H15NO/c1-2-11-8-9-14(13(15)10-11)16-12-6-4-3-5-7-12/h3-10H,2,15H2,1H3. The molecule has 0 aromatic heterocycles. The second kappa shape index (κ2) is 4.71. The van der Waals surface area contributed by atoms with Crippen molar-refractivity contribution in [2.24, 2.45) is 0 Å². The second-order valence-electron chi connectivity index (χ2n) is 3.64. The van der Waals surface area contributed by atoms with E-state index >= 15 is 0 Å². The van der Waals surface area contributed by atoms with Gasteiger partial charge in [-0.1, -0.05) is 31.2 Å². The summed E-state index contributed by atoms with van der Waals surface area (Å²) in [5.74, 6) is 1.52. The van der Waals surface area contributed by atoms with Crippen LogP contribution in [-0.4, -0.2) is 0 Å². The summed E-state index contributed by atoms with van der Waals surface area (Å²) in [6.07, 6.45) is 0.982. The summed E-state index contributed by atoms with van der Waals surface area (Å²) in [6.45, 7) is 2.10. The molecule has 0 heterocycles. The molecule has 0 unspecified atom stereocenters. The van der Waals surface area contributed by atoms with Crippen LogP contribution in [0, 0.1) is 0 Å². The molecule has 0 fully saturated rings. The topological polar surface area (TPSA) is 35.2 Å². The lowest BCUT2D eigenvalue weighted by atomic mass is 10.1. The molecule has 16 heavy (non-hydrogen) atoms. The van der Waals surface area contributed by atoms with Crippen molar-refractivity contribution in [1.82, 2.24) is 0 Å². The van der Waals surface area contributed by atoms with Crippen molar-refractivity contribution < 1.29 is 4.74 Å². The first-order valence-electron chi connectivity index (χ1n) is 5.41. The maximum Gasteiger partial charge on any atom is 0.150 e. The van der Waals surface area contributed by atoms with E-state index in [9.17, 15) is 0 Å². The number of anilines is 1. The molecule has 0 spiro atoms. The normalized spacial score (nSPS) is 10.1. The van der Waals surface area contributed by atoms with Gasteiger partial charge in [0.25, 0.3) is 0 Å². The first-order valence-corrected chi connectivity index (χ1v) is 5.41. The number of nitrogen functional groups attached to an aromatic ring is 1. The Labute approximate surface area is 95.7 Å². The molecule has 0 aliphatic heterocycles. The number of hydrogen-bond donors (Lipinski definition) is 1. The number of hydrogen-bond acceptors (Lipinski definition) is 2. The van der Waals surface area contributed by atoms with Gasteiger partial charge >= 0.3 is 0 Å². The first-order chi connectivity index (χ1) is 7.79. The molecule has 0 aliphatic rings. The maximum atomic E-state index is 5.92. The lowest BCUT2D eigenvalue weighted by molar-refractivity contribution is 0.485. The number of nitrogens with two attached hydrogens (primary N) is 1. The smallest absolute Gasteiger partial charge is 0.150 e. The third-order valence-corrected chi connectivity index (χ3v) is 2.45. The van der Waals surface area contributed by atoms with Crippen LogP contribution in [0.3, 0.4) is 0 Å². The van der Waals surface area contributed by atoms with Crippen molar-refractivity contribution in [2.75, 3.05) is 5.73 Å². The Hall–Kier alpha value is -1.96. The summed E-state index contributed by atoms with van der Waals surface area (Å²) < 4.78 is 5.68. The van der Waals surface area contributed by atoms with Gasteiger partial charge in [-0.3, -0.25) is 0 Å². The van der Waals surface area contributed by atoms with Crippen LogP contribution in [0.25, 0.3) is 0 Å². The van der Waals surface area contributed by atoms with Gasteiger partial charge in [-0.05, 0) is 36.2 Å². The molecule has 2 N–H and O–H groups in total. The molecule has 82 valence electrons. The molecule has 0 bridgehead atoms. The zero-order valence-electron chi connectivity index (χ0n) is 9.31. The fourth-order valence-electron chi connectivity index (χ4n) is 1.53. The van der Waals surface area contributed by atoms with Gasteiger partial charge in [0.05, 0.1) is 5.69 Å². The van der Waals surface area contributed by atoms with Crippen molar-refractivity contribution in [3.8, 4) is 11.5 Å². The van der Waals surface area contributed by atoms with E-state index in [4.69, 9.17) is 10.5 Å². The van der Waals surface area contributed by atoms with Gasteiger partial charge in [0.1, 0.15) is 11.5 Å². The van der Waals surface area contributed by atoms with E-state index in [-0.39, 0.29) is 0 Å². The van der Waals surface area contributed by atoms with Gasteiger partial charge in [-0.2, -0.15) is 0 Å². The summed E-state index contributed by atoms with van der Waals surface area (Å²) in [6, 6.07) is 15.6. The molecule has 2 rings (SSSR count). The molecule has 2 heteroatoms. The van der Waals surface area contributed by atoms with Crippen LogP contribution in [0.1, 0.15) is 12.5 Å². The molecule has 0 aliphatic carbocycles. The highest BCUT2D eigenvalue weighted by atomic mass is 16.5. The van der Waals surface area contributed by atoms with Crippen molar-refractivity contribution in [3.63, 3.8) is 0 Å². The highest BCUT2D eigenvalue weighted by Crippen LogP contribution is 2.27. The number of aryl methyl sites for hydroxylation is 1. The van der Waals surface area contributed by atoms with Gasteiger partial charge in [-0.15, -0.1) is 0 Å². The quantitative estimate of drug-likeness (QED) is 0.790. The van der Waals surface area contributed by atoms with Crippen LogP contribution in [0.5, 0.6) is 11.5 Å². The predicted molar refractivity (Wildman–Crippen MR) is 66.7 cm³/mol. The molecule has 0 amide bonds. The van der Waals surface area contributed by atoms with Crippen LogP contribution in [0.2, 0.25) is 0 Å². The predicted octanol–water partition coefficient (Wildman–Crippen LogP) is 3.62. The van der Waals surface area contributed by atoms with Gasteiger partial charge in [0, 0.05) is 0 Å². The lowest BCUT2D eigenvalue weighted by Gasteiger charge is -2.09. The largest absolute Gasteiger partial charge is 0.455 e. The maximum absolute atomic E-state index is 5.92. The number of benzene rings is 2. The number of ether oxygens (including phenoxy) is 1. The summed E-state index contributed by atoms with van der Waals surface area (Å²) in [7, 11) is 0. The average Bonchev–Trinajstić information content (AvgIpc) is 2.33. The van der Waals surface area contributed by atoms with E-state index in [1.165, 1.54) is 5.56 Å². The van der Waals surface area contributed by atoms with Gasteiger partial charge in [0.15, 0.2) is 0 Å². The fraction of sp³-hybridized carbons (Fsp3) is 0.143. The SMILES string of the molecule is CCc1ccc(Oc2ccccc2)c(N)c1. The molecule has 2 nitrogen and oxygen atoms in total. The molecule has 0 saturated heterocycles. The molecule has 0 radical (unpaired) electrons. The minimum Gasteiger partial charge on any atom is -0.455 e. The third-order valence-electron chi connectivity index (χ3n) is 2.45. The Morgan fingerprint density at radius 1 is 1.06 bits per heavy atom. The first kappa shape index (κ1) is 10.6. The molecular formula is C14H15NO. The van der Waals surface area contributed by atoms with Crippen molar-refractivity contribution in [3.05, 3.63) is 54.1 Å². The van der Waals surface area contributed by atoms with Crippen molar-refractivity contribution >= 4 is 5.69 Å². The lowest BCUT2D eigenvalue weighted by Crippen LogP contribution is -1.93. The average molecular weight is 213 g/mol. The van der Waals surface area contributed by atoms with Gasteiger partial charge in [-0.25, -0.2) is 0 Å². The van der Waals surface area contributed by atoms with E-state index in [1.807, 2.05) is 48.5 Å². The van der Waals surface area contributed by atoms with Crippen LogP contribution < -0.4 is 10.5 Å². The highest BCUT2D eigenvalue weighted by Gasteiger charge is 2.02. The fourth-order valence-corrected chi connectivity index (χ4v) is 1.53. The molecule has 2 aromatic rings. The molecular weight excluding hydrogens is 198 g/mol. The van der Waals surface area contributed by atoms with Crippen molar-refractivity contribution in [2.45, 2.75) is 13.3 Å². The van der Waals surface area contributed by atoms with Crippen LogP contribution in [-0.2, 0) is 6.42 Å². The van der Waals surface area contributed by atoms with Gasteiger partial charge in [0.2, 0.25) is 0 Å². The second-order valence-corrected chi connectivity index (χ2v) is 3.64. The highest BCUT2D eigenvalue weighted by molar-refractivity contribution is 5.55. The Balaban J connectivity index is 2.22. The molecule has 0 atom stereocenters. The number of para-hydroxylation sites is 1. The Bertz CT molecular complexity index is 465. The zero-order chi connectivity index (χ0) is 11.4. The van der Waals surface area contributed by atoms with Crippen LogP contribution in [0.15, 0.2) is 48.5 Å². The van der Waals surface area contributed by atoms with E-state index in [1.54, 1.807) is 0 Å². The third kappa shape index (κ3) is 2.34. The van der Waals surface area contributed by atoms with E-state index in [0.717, 1.165) is 12.2 Å². The Kier molecular flexibility index (Phi) is 3.10. The Morgan fingerprint density at radius 2 is 1.81 bits per heavy atom. The van der Waals surface area contributed by atoms with Crippen LogP contribution in [0.4, 0.5) is 5.69 Å². The summed E-state index contributed by atoms with van der Waals surface area (Å²) >= 11 is 0. The van der Waals surface area contributed by atoms with E-state index in [2.05, 4.69) is 6.92 Å². The minimum atomic E-state index is 0.684. The summed E-state index contributed by atoms with van der Waals surface area (Å²) in [5, 5.41) is 0. The zero-order valence-corrected chi connectivity index (χ0v) is 9.31. The molecule has 0 saturated carbocycles.